The van der Waals surface area contributed by atoms with Crippen molar-refractivity contribution in [3.8, 4) is 0 Å². The van der Waals surface area contributed by atoms with Crippen LogP contribution in [0.15, 0.2) is 29.2 Å². The lowest BCUT2D eigenvalue weighted by Crippen LogP contribution is -2.01. The Kier molecular flexibility index (Phi) is 4.28. The van der Waals surface area contributed by atoms with E-state index in [1.54, 1.807) is 11.8 Å². The van der Waals surface area contributed by atoms with E-state index < -0.39 is 0 Å². The number of hydrogen-bond donors (Lipinski definition) is 2. The Labute approximate surface area is 82.6 Å². The minimum Gasteiger partial charge on any atom is -0.395 e. The summed E-state index contributed by atoms with van der Waals surface area (Å²) in [4.78, 5) is 1.12. The number of aliphatic hydroxyl groups excluding tert-OH is 2. The number of rotatable bonds is 4. The van der Waals surface area contributed by atoms with E-state index in [2.05, 4.69) is 0 Å². The minimum atomic E-state index is 0.0838. The Hall–Kier alpha value is -0.510. The Bertz CT molecular complexity index is 246. The van der Waals surface area contributed by atoms with Gasteiger partial charge in [0.25, 0.3) is 0 Å². The summed E-state index contributed by atoms with van der Waals surface area (Å²) in [6, 6.07) is 7.71. The zero-order valence-corrected chi connectivity index (χ0v) is 8.42. The van der Waals surface area contributed by atoms with Crippen LogP contribution in [-0.2, 0) is 6.61 Å². The lowest BCUT2D eigenvalue weighted by atomic mass is 10.2. The fourth-order valence-electron chi connectivity index (χ4n) is 0.943. The third-order valence-electron chi connectivity index (χ3n) is 1.70. The monoisotopic (exact) mass is 198 g/mol. The molecule has 0 bridgehead atoms. The molecule has 1 rings (SSSR count). The first-order chi connectivity index (χ1) is 6.26. The van der Waals surface area contributed by atoms with Crippen molar-refractivity contribution in [2.24, 2.45) is 0 Å². The summed E-state index contributed by atoms with van der Waals surface area (Å²) in [5.41, 5.74) is 0.918. The fourth-order valence-corrected chi connectivity index (χ4v) is 1.78. The summed E-state index contributed by atoms with van der Waals surface area (Å²) in [6.07, 6.45) is 0. The number of aliphatic hydroxyl groups is 2. The number of hydrogen-bond acceptors (Lipinski definition) is 3. The van der Waals surface area contributed by atoms with Gasteiger partial charge in [0.15, 0.2) is 0 Å². The normalized spacial score (nSPS) is 12.8. The lowest BCUT2D eigenvalue weighted by Gasteiger charge is -2.07. The first kappa shape index (κ1) is 10.6. The van der Waals surface area contributed by atoms with Crippen molar-refractivity contribution in [3.05, 3.63) is 29.8 Å². The van der Waals surface area contributed by atoms with Crippen LogP contribution < -0.4 is 0 Å². The first-order valence-electron chi connectivity index (χ1n) is 4.23. The van der Waals surface area contributed by atoms with E-state index in [9.17, 15) is 0 Å². The summed E-state index contributed by atoms with van der Waals surface area (Å²) >= 11 is 1.63. The predicted octanol–water partition coefficient (Wildman–Crippen LogP) is 1.65. The molecule has 1 aromatic rings. The van der Waals surface area contributed by atoms with E-state index >= 15 is 0 Å². The van der Waals surface area contributed by atoms with E-state index in [4.69, 9.17) is 10.2 Å². The van der Waals surface area contributed by atoms with Crippen LogP contribution in [0.1, 0.15) is 12.5 Å². The van der Waals surface area contributed by atoms with E-state index in [0.717, 1.165) is 10.5 Å². The molecule has 0 spiro atoms. The average molecular weight is 198 g/mol. The van der Waals surface area contributed by atoms with Gasteiger partial charge in [0.1, 0.15) is 0 Å². The third kappa shape index (κ3) is 3.38. The van der Waals surface area contributed by atoms with Gasteiger partial charge in [-0.3, -0.25) is 0 Å². The maximum Gasteiger partial charge on any atom is 0.0681 e. The third-order valence-corrected chi connectivity index (χ3v) is 2.80. The summed E-state index contributed by atoms with van der Waals surface area (Å²) in [5.74, 6) is 0. The second kappa shape index (κ2) is 5.27. The summed E-state index contributed by atoms with van der Waals surface area (Å²) < 4.78 is 0. The van der Waals surface area contributed by atoms with Gasteiger partial charge in [0, 0.05) is 10.1 Å². The molecule has 0 saturated carbocycles. The van der Waals surface area contributed by atoms with Gasteiger partial charge in [-0.2, -0.15) is 0 Å². The highest BCUT2D eigenvalue weighted by Gasteiger charge is 2.01. The van der Waals surface area contributed by atoms with Crippen molar-refractivity contribution in [2.45, 2.75) is 23.7 Å². The van der Waals surface area contributed by atoms with Crippen molar-refractivity contribution in [1.29, 1.82) is 0 Å². The van der Waals surface area contributed by atoms with E-state index in [-0.39, 0.29) is 18.5 Å². The maximum atomic E-state index is 8.84. The second-order valence-electron chi connectivity index (χ2n) is 2.91. The predicted molar refractivity (Wildman–Crippen MR) is 54.8 cm³/mol. The van der Waals surface area contributed by atoms with E-state index in [0.29, 0.717) is 0 Å². The van der Waals surface area contributed by atoms with Crippen LogP contribution in [-0.4, -0.2) is 22.1 Å². The summed E-state index contributed by atoms with van der Waals surface area (Å²) in [6.45, 7) is 2.25. The molecular formula is C10H14O2S. The Morgan fingerprint density at radius 3 is 2.31 bits per heavy atom. The molecule has 1 unspecified atom stereocenters. The molecule has 0 heterocycles. The molecule has 0 aromatic heterocycles. The minimum absolute atomic E-state index is 0.0838. The Morgan fingerprint density at radius 1 is 1.23 bits per heavy atom. The molecule has 0 saturated heterocycles. The van der Waals surface area contributed by atoms with Crippen LogP contribution in [0.4, 0.5) is 0 Å². The van der Waals surface area contributed by atoms with Crippen LogP contribution in [0.2, 0.25) is 0 Å². The molecule has 2 nitrogen and oxygen atoms in total. The van der Waals surface area contributed by atoms with Gasteiger partial charge in [-0.1, -0.05) is 19.1 Å². The smallest absolute Gasteiger partial charge is 0.0681 e. The molecule has 13 heavy (non-hydrogen) atoms. The highest BCUT2D eigenvalue weighted by atomic mass is 32.2. The van der Waals surface area contributed by atoms with Crippen LogP contribution in [0.5, 0.6) is 0 Å². The molecule has 0 aliphatic heterocycles. The second-order valence-corrected chi connectivity index (χ2v) is 4.42. The first-order valence-corrected chi connectivity index (χ1v) is 5.11. The highest BCUT2D eigenvalue weighted by molar-refractivity contribution is 8.00. The van der Waals surface area contributed by atoms with Crippen molar-refractivity contribution >= 4 is 11.8 Å². The van der Waals surface area contributed by atoms with Crippen molar-refractivity contribution < 1.29 is 10.2 Å². The average Bonchev–Trinajstić information content (AvgIpc) is 2.19. The standard InChI is InChI=1S/C10H14O2S/c1-8(6-11)13-10-4-2-9(7-12)3-5-10/h2-5,8,11-12H,6-7H2,1H3. The molecule has 0 aliphatic rings. The zero-order chi connectivity index (χ0) is 9.68. The van der Waals surface area contributed by atoms with Gasteiger partial charge in [0.2, 0.25) is 0 Å². The van der Waals surface area contributed by atoms with Gasteiger partial charge in [-0.15, -0.1) is 11.8 Å². The molecular weight excluding hydrogens is 184 g/mol. The molecule has 3 heteroatoms. The molecule has 0 aliphatic carbocycles. The van der Waals surface area contributed by atoms with Crippen molar-refractivity contribution in [2.75, 3.05) is 6.61 Å². The lowest BCUT2D eigenvalue weighted by molar-refractivity contribution is 0.282. The van der Waals surface area contributed by atoms with Gasteiger partial charge >= 0.3 is 0 Å². The molecule has 0 amide bonds. The zero-order valence-electron chi connectivity index (χ0n) is 7.60. The molecule has 0 fully saturated rings. The SMILES string of the molecule is CC(CO)Sc1ccc(CO)cc1. The summed E-state index contributed by atoms with van der Waals surface area (Å²) in [5, 5.41) is 17.9. The van der Waals surface area contributed by atoms with Gasteiger partial charge in [-0.05, 0) is 17.7 Å². The van der Waals surface area contributed by atoms with Crippen molar-refractivity contribution in [1.82, 2.24) is 0 Å². The van der Waals surface area contributed by atoms with Crippen molar-refractivity contribution in [3.63, 3.8) is 0 Å². The Balaban J connectivity index is 2.58. The van der Waals surface area contributed by atoms with E-state index in [1.165, 1.54) is 0 Å². The van der Waals surface area contributed by atoms with Crippen LogP contribution in [0.25, 0.3) is 0 Å². The van der Waals surface area contributed by atoms with Crippen LogP contribution in [0, 0.1) is 0 Å². The Morgan fingerprint density at radius 2 is 1.85 bits per heavy atom. The molecule has 72 valence electrons. The number of benzene rings is 1. The van der Waals surface area contributed by atoms with E-state index in [1.807, 2.05) is 31.2 Å². The topological polar surface area (TPSA) is 40.5 Å². The van der Waals surface area contributed by atoms with Crippen LogP contribution in [0.3, 0.4) is 0 Å². The molecule has 1 atom stereocenters. The quantitative estimate of drug-likeness (QED) is 0.723. The largest absolute Gasteiger partial charge is 0.395 e. The number of thioether (sulfide) groups is 1. The fraction of sp³-hybridized carbons (Fsp3) is 0.400. The van der Waals surface area contributed by atoms with Gasteiger partial charge in [-0.25, -0.2) is 0 Å². The molecule has 0 radical (unpaired) electrons. The summed E-state index contributed by atoms with van der Waals surface area (Å²) in [7, 11) is 0. The van der Waals surface area contributed by atoms with Crippen LogP contribution >= 0.6 is 11.8 Å². The van der Waals surface area contributed by atoms with Gasteiger partial charge in [0.05, 0.1) is 13.2 Å². The highest BCUT2D eigenvalue weighted by Crippen LogP contribution is 2.22. The molecule has 1 aromatic carbocycles. The maximum absolute atomic E-state index is 8.84. The van der Waals surface area contributed by atoms with Gasteiger partial charge < -0.3 is 10.2 Å². The molecule has 2 N–H and O–H groups in total.